The van der Waals surface area contributed by atoms with Crippen LogP contribution < -0.4 is 10.6 Å². The van der Waals surface area contributed by atoms with Gasteiger partial charge in [-0.2, -0.15) is 0 Å². The quantitative estimate of drug-likeness (QED) is 0.782. The van der Waals surface area contributed by atoms with E-state index in [9.17, 15) is 0 Å². The Morgan fingerprint density at radius 3 is 1.86 bits per heavy atom. The zero-order chi connectivity index (χ0) is 14.2. The lowest BCUT2D eigenvalue weighted by Gasteiger charge is -2.21. The van der Waals surface area contributed by atoms with E-state index in [4.69, 9.17) is 0 Å². The minimum Gasteiger partial charge on any atom is -0.313 e. The molecule has 0 spiro atoms. The second-order valence-corrected chi connectivity index (χ2v) is 5.39. The van der Waals surface area contributed by atoms with Crippen molar-refractivity contribution >= 4 is 24.8 Å². The van der Waals surface area contributed by atoms with E-state index in [2.05, 4.69) is 85.1 Å². The van der Waals surface area contributed by atoms with Crippen LogP contribution in [0.4, 0.5) is 0 Å². The third kappa shape index (κ3) is 7.28. The van der Waals surface area contributed by atoms with E-state index in [1.54, 1.807) is 0 Å². The summed E-state index contributed by atoms with van der Waals surface area (Å²) in [6, 6.07) is 22.0. The molecule has 4 heteroatoms. The minimum atomic E-state index is 0. The molecule has 0 heterocycles. The van der Waals surface area contributed by atoms with Crippen molar-refractivity contribution in [2.24, 2.45) is 0 Å². The molecule has 2 rings (SSSR count). The monoisotopic (exact) mass is 340 g/mol. The van der Waals surface area contributed by atoms with E-state index < -0.39 is 0 Å². The largest absolute Gasteiger partial charge is 0.313 e. The van der Waals surface area contributed by atoms with Crippen LogP contribution in [0.1, 0.15) is 31.0 Å². The van der Waals surface area contributed by atoms with Gasteiger partial charge in [0.2, 0.25) is 0 Å². The highest BCUT2D eigenvalue weighted by Crippen LogP contribution is 2.13. The number of hydrogen-bond acceptors (Lipinski definition) is 2. The van der Waals surface area contributed by atoms with Crippen molar-refractivity contribution in [3.63, 3.8) is 0 Å². The third-order valence-electron chi connectivity index (χ3n) is 3.33. The Morgan fingerprint density at radius 2 is 1.32 bits per heavy atom. The molecule has 122 valence electrons. The predicted octanol–water partition coefficient (Wildman–Crippen LogP) is 4.36. The van der Waals surface area contributed by atoms with Crippen molar-refractivity contribution in [2.75, 3.05) is 6.54 Å². The van der Waals surface area contributed by atoms with Gasteiger partial charge < -0.3 is 10.6 Å². The lowest BCUT2D eigenvalue weighted by atomic mass is 10.1. The summed E-state index contributed by atoms with van der Waals surface area (Å²) in [7, 11) is 0. The summed E-state index contributed by atoms with van der Waals surface area (Å²) in [6.07, 6.45) is 0. The van der Waals surface area contributed by atoms with Gasteiger partial charge in [-0.25, -0.2) is 0 Å². The van der Waals surface area contributed by atoms with Gasteiger partial charge in [-0.15, -0.1) is 24.8 Å². The summed E-state index contributed by atoms with van der Waals surface area (Å²) in [4.78, 5) is 0. The molecule has 0 saturated carbocycles. The zero-order valence-corrected chi connectivity index (χ0v) is 14.8. The Kier molecular flexibility index (Phi) is 10.9. The van der Waals surface area contributed by atoms with Gasteiger partial charge in [0.1, 0.15) is 0 Å². The Hall–Kier alpha value is -1.06. The summed E-state index contributed by atoms with van der Waals surface area (Å²) >= 11 is 0. The summed E-state index contributed by atoms with van der Waals surface area (Å²) < 4.78 is 0. The molecule has 0 aromatic heterocycles. The molecule has 2 nitrogen and oxygen atoms in total. The highest BCUT2D eigenvalue weighted by molar-refractivity contribution is 5.85. The normalized spacial score (nSPS) is 11.4. The van der Waals surface area contributed by atoms with E-state index in [0.29, 0.717) is 12.1 Å². The summed E-state index contributed by atoms with van der Waals surface area (Å²) in [5.74, 6) is 0. The van der Waals surface area contributed by atoms with E-state index in [1.807, 2.05) is 0 Å². The number of halogens is 2. The molecule has 0 aliphatic heterocycles. The first-order chi connectivity index (χ1) is 9.75. The maximum absolute atomic E-state index is 3.65. The van der Waals surface area contributed by atoms with Gasteiger partial charge in [-0.3, -0.25) is 0 Å². The Balaban J connectivity index is 0.00000220. The smallest absolute Gasteiger partial charge is 0.0449 e. The minimum absolute atomic E-state index is 0. The lowest BCUT2D eigenvalue weighted by Crippen LogP contribution is -2.34. The van der Waals surface area contributed by atoms with Crippen LogP contribution in [0.25, 0.3) is 0 Å². The molecule has 0 fully saturated rings. The zero-order valence-electron chi connectivity index (χ0n) is 13.2. The van der Waals surface area contributed by atoms with Crippen molar-refractivity contribution in [2.45, 2.75) is 32.5 Å². The number of rotatable bonds is 7. The van der Waals surface area contributed by atoms with E-state index in [-0.39, 0.29) is 24.8 Å². The second kappa shape index (κ2) is 11.5. The molecule has 1 unspecified atom stereocenters. The van der Waals surface area contributed by atoms with E-state index in [1.165, 1.54) is 11.1 Å². The second-order valence-electron chi connectivity index (χ2n) is 5.39. The highest BCUT2D eigenvalue weighted by Gasteiger charge is 2.10. The van der Waals surface area contributed by atoms with Crippen LogP contribution in [-0.2, 0) is 6.54 Å². The van der Waals surface area contributed by atoms with Crippen LogP contribution in [0, 0.1) is 0 Å². The molecule has 0 saturated heterocycles. The molecule has 1 atom stereocenters. The van der Waals surface area contributed by atoms with Gasteiger partial charge in [0.15, 0.2) is 0 Å². The summed E-state index contributed by atoms with van der Waals surface area (Å²) in [6.45, 7) is 6.19. The van der Waals surface area contributed by atoms with Crippen LogP contribution in [0.2, 0.25) is 0 Å². The van der Waals surface area contributed by atoms with Crippen molar-refractivity contribution in [1.29, 1.82) is 0 Å². The average molecular weight is 341 g/mol. The van der Waals surface area contributed by atoms with Crippen LogP contribution in [-0.4, -0.2) is 12.6 Å². The van der Waals surface area contributed by atoms with Gasteiger partial charge >= 0.3 is 0 Å². The molecule has 2 aromatic rings. The molecule has 2 aromatic carbocycles. The summed E-state index contributed by atoms with van der Waals surface area (Å²) in [5.41, 5.74) is 2.65. The number of hydrogen-bond donors (Lipinski definition) is 2. The van der Waals surface area contributed by atoms with Gasteiger partial charge in [0, 0.05) is 25.2 Å². The standard InChI is InChI=1S/C18H24N2.2ClH/c1-15(2)19-14-18(17-11-7-4-8-12-17)20-13-16-9-5-3-6-10-16;;/h3-12,15,18-20H,13-14H2,1-2H3;2*1H. The first kappa shape index (κ1) is 20.9. The lowest BCUT2D eigenvalue weighted by molar-refractivity contribution is 0.462. The molecule has 0 bridgehead atoms. The molecular formula is C18H26Cl2N2. The Labute approximate surface area is 146 Å². The highest BCUT2D eigenvalue weighted by atomic mass is 35.5. The SMILES string of the molecule is CC(C)NCC(NCc1ccccc1)c1ccccc1.Cl.Cl. The van der Waals surface area contributed by atoms with E-state index in [0.717, 1.165) is 13.1 Å². The number of nitrogens with one attached hydrogen (secondary N) is 2. The maximum atomic E-state index is 3.65. The average Bonchev–Trinajstić information content (AvgIpc) is 2.49. The van der Waals surface area contributed by atoms with Crippen molar-refractivity contribution in [3.05, 3.63) is 71.8 Å². The van der Waals surface area contributed by atoms with Gasteiger partial charge in [0.25, 0.3) is 0 Å². The fourth-order valence-corrected chi connectivity index (χ4v) is 2.18. The molecule has 0 amide bonds. The fourth-order valence-electron chi connectivity index (χ4n) is 2.18. The Bertz CT molecular complexity index is 489. The number of benzene rings is 2. The molecule has 22 heavy (non-hydrogen) atoms. The summed E-state index contributed by atoms with van der Waals surface area (Å²) in [5, 5.41) is 7.16. The van der Waals surface area contributed by atoms with Gasteiger partial charge in [0.05, 0.1) is 0 Å². The first-order valence-corrected chi connectivity index (χ1v) is 7.31. The van der Waals surface area contributed by atoms with E-state index >= 15 is 0 Å². The first-order valence-electron chi connectivity index (χ1n) is 7.31. The predicted molar refractivity (Wildman–Crippen MR) is 100 cm³/mol. The van der Waals surface area contributed by atoms with Crippen LogP contribution in [0.3, 0.4) is 0 Å². The van der Waals surface area contributed by atoms with Crippen molar-refractivity contribution in [1.82, 2.24) is 10.6 Å². The van der Waals surface area contributed by atoms with Crippen LogP contribution >= 0.6 is 24.8 Å². The van der Waals surface area contributed by atoms with Gasteiger partial charge in [-0.05, 0) is 11.1 Å². The van der Waals surface area contributed by atoms with Crippen LogP contribution in [0.15, 0.2) is 60.7 Å². The van der Waals surface area contributed by atoms with Gasteiger partial charge in [-0.1, -0.05) is 74.5 Å². The molecule has 0 aliphatic rings. The third-order valence-corrected chi connectivity index (χ3v) is 3.33. The van der Waals surface area contributed by atoms with Crippen molar-refractivity contribution in [3.8, 4) is 0 Å². The topological polar surface area (TPSA) is 24.1 Å². The Morgan fingerprint density at radius 1 is 0.773 bits per heavy atom. The molecule has 0 aliphatic carbocycles. The molecular weight excluding hydrogens is 315 g/mol. The maximum Gasteiger partial charge on any atom is 0.0449 e. The van der Waals surface area contributed by atoms with Crippen LogP contribution in [0.5, 0.6) is 0 Å². The van der Waals surface area contributed by atoms with Crippen molar-refractivity contribution < 1.29 is 0 Å². The fraction of sp³-hybridized carbons (Fsp3) is 0.333. The molecule has 2 N–H and O–H groups in total. The molecule has 0 radical (unpaired) electrons.